The molecule has 0 spiro atoms. The van der Waals surface area contributed by atoms with Crippen LogP contribution in [-0.4, -0.2) is 28.2 Å². The number of benzene rings is 2. The van der Waals surface area contributed by atoms with Crippen molar-refractivity contribution in [1.82, 2.24) is 19.7 Å². The molecule has 4 rings (SSSR count). The molecular weight excluding hydrogens is 450 g/mol. The fourth-order valence-corrected chi connectivity index (χ4v) is 4.17. The Hall–Kier alpha value is -3.72. The zero-order valence-electron chi connectivity index (χ0n) is 19.8. The minimum absolute atomic E-state index is 0.0219. The van der Waals surface area contributed by atoms with Crippen LogP contribution in [0.4, 0.5) is 5.95 Å². The van der Waals surface area contributed by atoms with Gasteiger partial charge in [-0.3, -0.25) is 4.68 Å². The van der Waals surface area contributed by atoms with Crippen molar-refractivity contribution in [3.05, 3.63) is 78.1 Å². The first kappa shape index (κ1) is 23.4. The predicted molar refractivity (Wildman–Crippen MR) is 131 cm³/mol. The minimum atomic E-state index is -3.97. The molecule has 0 fully saturated rings. The first-order valence-corrected chi connectivity index (χ1v) is 12.3. The molecule has 2 aromatic carbocycles. The molecule has 34 heavy (non-hydrogen) atoms. The quantitative estimate of drug-likeness (QED) is 0.404. The summed E-state index contributed by atoms with van der Waals surface area (Å²) < 4.78 is 36.3. The molecule has 0 bridgehead atoms. The summed E-state index contributed by atoms with van der Waals surface area (Å²) in [7, 11) is -3.97. The molecule has 4 aromatic rings. The lowest BCUT2D eigenvalue weighted by atomic mass is 10.1. The third-order valence-corrected chi connectivity index (χ3v) is 6.50. The van der Waals surface area contributed by atoms with Gasteiger partial charge in [-0.05, 0) is 51.8 Å². The van der Waals surface area contributed by atoms with Gasteiger partial charge in [0.05, 0.1) is 17.4 Å². The van der Waals surface area contributed by atoms with Gasteiger partial charge < -0.3 is 4.74 Å². The second-order valence-electron chi connectivity index (χ2n) is 8.99. The smallest absolute Gasteiger partial charge is 0.267 e. The highest BCUT2D eigenvalue weighted by Gasteiger charge is 2.23. The van der Waals surface area contributed by atoms with E-state index in [4.69, 9.17) is 4.74 Å². The fraction of sp³-hybridized carbons (Fsp3) is 0.240. The Morgan fingerprint density at radius 3 is 2.26 bits per heavy atom. The highest BCUT2D eigenvalue weighted by Crippen LogP contribution is 2.30. The summed E-state index contributed by atoms with van der Waals surface area (Å²) in [5.41, 5.74) is 2.95. The summed E-state index contributed by atoms with van der Waals surface area (Å²) in [5, 5.41) is 4.19. The third-order valence-electron chi connectivity index (χ3n) is 5.21. The third kappa shape index (κ3) is 5.09. The molecular formula is C25H27N5O3S. The van der Waals surface area contributed by atoms with E-state index in [1.165, 1.54) is 12.4 Å². The van der Waals surface area contributed by atoms with E-state index >= 15 is 0 Å². The second kappa shape index (κ2) is 8.90. The topological polar surface area (TPSA) is 99.0 Å². The van der Waals surface area contributed by atoms with Gasteiger partial charge in [0.25, 0.3) is 10.0 Å². The molecule has 176 valence electrons. The minimum Gasteiger partial charge on any atom is -0.439 e. The van der Waals surface area contributed by atoms with Crippen molar-refractivity contribution in [1.29, 1.82) is 0 Å². The molecule has 2 aromatic heterocycles. The van der Waals surface area contributed by atoms with Crippen molar-refractivity contribution in [2.24, 2.45) is 0 Å². The zero-order valence-corrected chi connectivity index (χ0v) is 20.6. The molecule has 0 atom stereocenters. The molecule has 8 nitrogen and oxygen atoms in total. The average molecular weight is 478 g/mol. The summed E-state index contributed by atoms with van der Waals surface area (Å²) in [6, 6.07) is 16.9. The van der Waals surface area contributed by atoms with E-state index in [1.807, 2.05) is 83.1 Å². The van der Waals surface area contributed by atoms with Crippen molar-refractivity contribution >= 4 is 16.0 Å². The van der Waals surface area contributed by atoms with Crippen LogP contribution in [0.3, 0.4) is 0 Å². The van der Waals surface area contributed by atoms with Crippen LogP contribution < -0.4 is 9.46 Å². The van der Waals surface area contributed by atoms with Crippen LogP contribution in [0.5, 0.6) is 11.6 Å². The van der Waals surface area contributed by atoms with Crippen molar-refractivity contribution in [2.45, 2.75) is 45.1 Å². The van der Waals surface area contributed by atoms with E-state index in [-0.39, 0.29) is 22.3 Å². The van der Waals surface area contributed by atoms with E-state index in [0.717, 1.165) is 16.7 Å². The number of ether oxygens (including phenoxy) is 1. The summed E-state index contributed by atoms with van der Waals surface area (Å²) in [6.07, 6.45) is 2.79. The van der Waals surface area contributed by atoms with Gasteiger partial charge in [0, 0.05) is 17.8 Å². The summed E-state index contributed by atoms with van der Waals surface area (Å²) >= 11 is 0. The summed E-state index contributed by atoms with van der Waals surface area (Å²) in [5.74, 6) is 0.760. The Labute approximate surface area is 199 Å². The Morgan fingerprint density at radius 1 is 0.941 bits per heavy atom. The predicted octanol–water partition coefficient (Wildman–Crippen LogP) is 5.31. The first-order chi connectivity index (χ1) is 16.0. The highest BCUT2D eigenvalue weighted by molar-refractivity contribution is 7.92. The van der Waals surface area contributed by atoms with Crippen LogP contribution in [0.1, 0.15) is 31.9 Å². The summed E-state index contributed by atoms with van der Waals surface area (Å²) in [6.45, 7) is 9.70. The molecule has 0 radical (unpaired) electrons. The van der Waals surface area contributed by atoms with Crippen molar-refractivity contribution in [2.75, 3.05) is 4.72 Å². The van der Waals surface area contributed by atoms with Gasteiger partial charge >= 0.3 is 0 Å². The lowest BCUT2D eigenvalue weighted by molar-refractivity contribution is 0.355. The Morgan fingerprint density at radius 2 is 1.62 bits per heavy atom. The number of hydrogen-bond acceptors (Lipinski definition) is 6. The van der Waals surface area contributed by atoms with E-state index in [2.05, 4.69) is 19.8 Å². The van der Waals surface area contributed by atoms with Crippen LogP contribution >= 0.6 is 0 Å². The molecule has 0 aliphatic rings. The van der Waals surface area contributed by atoms with Crippen LogP contribution in [0.15, 0.2) is 71.9 Å². The van der Waals surface area contributed by atoms with Gasteiger partial charge in [0.1, 0.15) is 10.6 Å². The second-order valence-corrected chi connectivity index (χ2v) is 10.7. The van der Waals surface area contributed by atoms with E-state index in [1.54, 1.807) is 10.7 Å². The fourth-order valence-electron chi connectivity index (χ4n) is 3.30. The highest BCUT2D eigenvalue weighted by atomic mass is 32.2. The van der Waals surface area contributed by atoms with E-state index in [0.29, 0.717) is 11.4 Å². The normalized spacial score (nSPS) is 11.9. The molecule has 0 saturated carbocycles. The van der Waals surface area contributed by atoms with Gasteiger partial charge in [-0.15, -0.1) is 0 Å². The van der Waals surface area contributed by atoms with Crippen LogP contribution in [0, 0.1) is 13.8 Å². The Kier molecular flexibility index (Phi) is 6.14. The van der Waals surface area contributed by atoms with Crippen LogP contribution in [-0.2, 0) is 15.6 Å². The number of anilines is 1. The van der Waals surface area contributed by atoms with Gasteiger partial charge in [-0.25, -0.2) is 18.1 Å². The largest absolute Gasteiger partial charge is 0.439 e. The molecule has 9 heteroatoms. The molecule has 0 aliphatic heterocycles. The number of hydrogen-bond donors (Lipinski definition) is 1. The van der Waals surface area contributed by atoms with Crippen LogP contribution in [0.2, 0.25) is 0 Å². The number of nitrogens with zero attached hydrogens (tertiary/aromatic N) is 4. The number of rotatable bonds is 6. The van der Waals surface area contributed by atoms with Crippen LogP contribution in [0.25, 0.3) is 11.3 Å². The monoisotopic (exact) mass is 477 g/mol. The van der Waals surface area contributed by atoms with Crippen molar-refractivity contribution < 1.29 is 13.2 Å². The zero-order chi connectivity index (χ0) is 24.5. The van der Waals surface area contributed by atoms with E-state index < -0.39 is 10.0 Å². The lowest BCUT2D eigenvalue weighted by Crippen LogP contribution is -2.22. The maximum Gasteiger partial charge on any atom is 0.267 e. The number of para-hydroxylation sites is 1. The average Bonchev–Trinajstić information content (AvgIpc) is 3.27. The van der Waals surface area contributed by atoms with Crippen molar-refractivity contribution in [3.63, 3.8) is 0 Å². The van der Waals surface area contributed by atoms with Gasteiger partial charge in [0.2, 0.25) is 11.8 Å². The van der Waals surface area contributed by atoms with Gasteiger partial charge in [-0.1, -0.05) is 42.5 Å². The molecule has 2 heterocycles. The maximum absolute atomic E-state index is 13.1. The molecule has 0 amide bonds. The molecule has 0 unspecified atom stereocenters. The van der Waals surface area contributed by atoms with Crippen molar-refractivity contribution in [3.8, 4) is 22.9 Å². The van der Waals surface area contributed by atoms with E-state index in [9.17, 15) is 8.42 Å². The SMILES string of the molecule is Cc1ccccc1Oc1cc(-c2ccccc2C)nc(NS(=O)(=O)c2cnn(C(C)(C)C)c2)n1. The Balaban J connectivity index is 1.75. The first-order valence-electron chi connectivity index (χ1n) is 10.8. The maximum atomic E-state index is 13.1. The van der Waals surface area contributed by atoms with Gasteiger partial charge in [0.15, 0.2) is 0 Å². The molecule has 1 N–H and O–H groups in total. The number of aryl methyl sites for hydroxylation is 2. The van der Waals surface area contributed by atoms with Gasteiger partial charge in [-0.2, -0.15) is 10.1 Å². The molecule has 0 aliphatic carbocycles. The summed E-state index contributed by atoms with van der Waals surface area (Å²) in [4.78, 5) is 8.85. The molecule has 0 saturated heterocycles. The number of nitrogens with one attached hydrogen (secondary N) is 1. The number of aromatic nitrogens is 4. The lowest BCUT2D eigenvalue weighted by Gasteiger charge is -2.18. The Bertz CT molecular complexity index is 1440. The number of sulfonamides is 1. The standard InChI is InChI=1S/C25H27N5O3S/c1-17-10-6-8-12-20(17)21-14-23(33-22-13-9-7-11-18(22)2)28-24(27-21)29-34(31,32)19-15-26-30(16-19)25(3,4)5/h6-16H,1-5H3,(H,27,28,29).